The summed E-state index contributed by atoms with van der Waals surface area (Å²) in [4.78, 5) is 12.3. The number of phenols is 1. The Balaban J connectivity index is 1.75. The second kappa shape index (κ2) is 6.66. The van der Waals surface area contributed by atoms with Gasteiger partial charge in [-0.25, -0.2) is 4.79 Å². The lowest BCUT2D eigenvalue weighted by molar-refractivity contribution is 0.0348. The molecule has 0 unspecified atom stereocenters. The lowest BCUT2D eigenvalue weighted by atomic mass is 9.62. The van der Waals surface area contributed by atoms with E-state index < -0.39 is 5.60 Å². The molecule has 0 aliphatic heterocycles. The number of alkyl carbamates (subject to hydrolysis) is 1. The van der Waals surface area contributed by atoms with Gasteiger partial charge in [0.2, 0.25) is 0 Å². The Bertz CT molecular complexity index is 576. The predicted molar refractivity (Wildman–Crippen MR) is 94.1 cm³/mol. The van der Waals surface area contributed by atoms with Gasteiger partial charge >= 0.3 is 6.09 Å². The van der Waals surface area contributed by atoms with Crippen LogP contribution in [0.25, 0.3) is 0 Å². The van der Waals surface area contributed by atoms with Crippen LogP contribution < -0.4 is 5.32 Å². The molecule has 24 heavy (non-hydrogen) atoms. The summed E-state index contributed by atoms with van der Waals surface area (Å²) < 4.78 is 5.48. The predicted octanol–water partition coefficient (Wildman–Crippen LogP) is 4.58. The molecule has 0 heterocycles. The van der Waals surface area contributed by atoms with Crippen LogP contribution in [0.15, 0.2) is 24.3 Å². The zero-order chi connectivity index (χ0) is 17.3. The van der Waals surface area contributed by atoms with Gasteiger partial charge in [0.15, 0.2) is 0 Å². The minimum atomic E-state index is -0.468. The van der Waals surface area contributed by atoms with Crippen LogP contribution in [0.5, 0.6) is 5.75 Å². The highest BCUT2D eigenvalue weighted by atomic mass is 16.6. The zero-order valence-electron chi connectivity index (χ0n) is 14.9. The number of hydrogen-bond acceptors (Lipinski definition) is 3. The maximum Gasteiger partial charge on any atom is 0.407 e. The van der Waals surface area contributed by atoms with Gasteiger partial charge in [-0.05, 0) is 81.9 Å². The van der Waals surface area contributed by atoms with Gasteiger partial charge in [-0.1, -0.05) is 18.6 Å². The van der Waals surface area contributed by atoms with Crippen molar-refractivity contribution in [3.63, 3.8) is 0 Å². The first-order chi connectivity index (χ1) is 11.3. The van der Waals surface area contributed by atoms with Gasteiger partial charge in [0, 0.05) is 6.04 Å². The molecule has 3 rings (SSSR count). The Morgan fingerprint density at radius 1 is 1.12 bits per heavy atom. The fourth-order valence-electron chi connectivity index (χ4n) is 4.51. The summed E-state index contributed by atoms with van der Waals surface area (Å²) in [7, 11) is 0. The van der Waals surface area contributed by atoms with E-state index in [1.54, 1.807) is 12.1 Å². The van der Waals surface area contributed by atoms with Gasteiger partial charge in [0.25, 0.3) is 0 Å². The SMILES string of the molecule is CC(C)(C)OC(=O)N[C@H]1[C@@H]2CCC[C@H]1[C@@H](c1ccc(O)cc1)CC2. The Morgan fingerprint density at radius 3 is 2.50 bits per heavy atom. The highest BCUT2D eigenvalue weighted by molar-refractivity contribution is 5.68. The Hall–Kier alpha value is -1.71. The molecule has 1 aromatic carbocycles. The number of carbonyl (C=O) groups is 1. The van der Waals surface area contributed by atoms with Crippen molar-refractivity contribution in [3.8, 4) is 5.75 Å². The van der Waals surface area contributed by atoms with Crippen LogP contribution in [0, 0.1) is 11.8 Å². The third-order valence-electron chi connectivity index (χ3n) is 5.45. The fraction of sp³-hybridized carbons (Fsp3) is 0.650. The van der Waals surface area contributed by atoms with Crippen LogP contribution >= 0.6 is 0 Å². The molecule has 1 aromatic rings. The van der Waals surface area contributed by atoms with Crippen molar-refractivity contribution in [1.82, 2.24) is 5.32 Å². The van der Waals surface area contributed by atoms with Crippen LogP contribution in [-0.2, 0) is 4.74 Å². The molecule has 4 atom stereocenters. The molecule has 0 radical (unpaired) electrons. The molecule has 2 bridgehead atoms. The molecule has 0 spiro atoms. The van der Waals surface area contributed by atoms with Crippen molar-refractivity contribution in [2.24, 2.45) is 11.8 Å². The van der Waals surface area contributed by atoms with Crippen LogP contribution in [0.2, 0.25) is 0 Å². The van der Waals surface area contributed by atoms with Crippen LogP contribution in [-0.4, -0.2) is 22.8 Å². The first-order valence-corrected chi connectivity index (χ1v) is 9.12. The number of fused-ring (bicyclic) bond motifs is 2. The van der Waals surface area contributed by atoms with E-state index in [9.17, 15) is 9.90 Å². The van der Waals surface area contributed by atoms with E-state index >= 15 is 0 Å². The number of phenolic OH excluding ortho intramolecular Hbond substituents is 1. The van der Waals surface area contributed by atoms with Crippen molar-refractivity contribution in [2.45, 2.75) is 70.4 Å². The minimum Gasteiger partial charge on any atom is -0.508 e. The standard InChI is InChI=1S/C20H29NO3/c1-20(2,3)24-19(23)21-18-14-5-4-6-17(18)16(12-9-14)13-7-10-15(22)11-8-13/h7-8,10-11,14,16-18,22H,4-6,9,12H2,1-3H3,(H,21,23)/t14-,16-,17+,18+/m1/s1. The summed E-state index contributed by atoms with van der Waals surface area (Å²) in [5.74, 6) is 1.76. The first-order valence-electron chi connectivity index (χ1n) is 9.12. The van der Waals surface area contributed by atoms with Gasteiger partial charge in [-0.3, -0.25) is 0 Å². The highest BCUT2D eigenvalue weighted by Crippen LogP contribution is 2.48. The summed E-state index contributed by atoms with van der Waals surface area (Å²) in [5, 5.41) is 12.7. The number of aromatic hydroxyl groups is 1. The molecular formula is C20H29NO3. The summed E-state index contributed by atoms with van der Waals surface area (Å²) >= 11 is 0. The monoisotopic (exact) mass is 331 g/mol. The molecular weight excluding hydrogens is 302 g/mol. The van der Waals surface area contributed by atoms with Crippen molar-refractivity contribution in [2.75, 3.05) is 0 Å². The number of hydrogen-bond donors (Lipinski definition) is 2. The Kier molecular flexibility index (Phi) is 4.75. The van der Waals surface area contributed by atoms with Crippen LogP contribution in [0.3, 0.4) is 0 Å². The molecule has 0 saturated heterocycles. The summed E-state index contributed by atoms with van der Waals surface area (Å²) in [6.07, 6.45) is 5.57. The third-order valence-corrected chi connectivity index (χ3v) is 5.45. The van der Waals surface area contributed by atoms with E-state index in [-0.39, 0.29) is 12.1 Å². The normalized spacial score (nSPS) is 29.8. The Morgan fingerprint density at radius 2 is 1.83 bits per heavy atom. The van der Waals surface area contributed by atoms with E-state index in [2.05, 4.69) is 5.32 Å². The number of ether oxygens (including phenoxy) is 1. The molecule has 0 aromatic heterocycles. The largest absolute Gasteiger partial charge is 0.508 e. The average Bonchev–Trinajstić information content (AvgIpc) is 2.46. The zero-order valence-corrected chi connectivity index (χ0v) is 14.9. The second-order valence-corrected chi connectivity index (χ2v) is 8.30. The van der Waals surface area contributed by atoms with Gasteiger partial charge < -0.3 is 15.2 Å². The second-order valence-electron chi connectivity index (χ2n) is 8.30. The molecule has 1 amide bonds. The molecule has 2 fully saturated rings. The highest BCUT2D eigenvalue weighted by Gasteiger charge is 2.43. The van der Waals surface area contributed by atoms with Gasteiger partial charge in [0.05, 0.1) is 0 Å². The maximum absolute atomic E-state index is 12.3. The molecule has 132 valence electrons. The Labute approximate surface area is 144 Å². The van der Waals surface area contributed by atoms with E-state index in [0.29, 0.717) is 23.5 Å². The van der Waals surface area contributed by atoms with Crippen molar-refractivity contribution < 1.29 is 14.6 Å². The molecule has 2 N–H and O–H groups in total. The van der Waals surface area contributed by atoms with E-state index in [4.69, 9.17) is 4.74 Å². The maximum atomic E-state index is 12.3. The van der Waals surface area contributed by atoms with Gasteiger partial charge in [-0.2, -0.15) is 0 Å². The average molecular weight is 331 g/mol. The minimum absolute atomic E-state index is 0.196. The quantitative estimate of drug-likeness (QED) is 0.834. The van der Waals surface area contributed by atoms with Crippen molar-refractivity contribution >= 4 is 6.09 Å². The van der Waals surface area contributed by atoms with Crippen molar-refractivity contribution in [1.29, 1.82) is 0 Å². The van der Waals surface area contributed by atoms with E-state index in [0.717, 1.165) is 19.3 Å². The van der Waals surface area contributed by atoms with E-state index in [1.165, 1.54) is 18.4 Å². The summed E-state index contributed by atoms with van der Waals surface area (Å²) in [6, 6.07) is 7.78. The topological polar surface area (TPSA) is 58.6 Å². The number of rotatable bonds is 2. The molecule has 4 heteroatoms. The number of carbonyl (C=O) groups excluding carboxylic acids is 1. The number of amides is 1. The van der Waals surface area contributed by atoms with E-state index in [1.807, 2.05) is 32.9 Å². The lowest BCUT2D eigenvalue weighted by Crippen LogP contribution is -2.52. The number of benzene rings is 1. The van der Waals surface area contributed by atoms with Gasteiger partial charge in [-0.15, -0.1) is 0 Å². The molecule has 2 aliphatic carbocycles. The molecule has 4 nitrogen and oxygen atoms in total. The first kappa shape index (κ1) is 17.1. The van der Waals surface area contributed by atoms with Crippen LogP contribution in [0.1, 0.15) is 64.4 Å². The smallest absolute Gasteiger partial charge is 0.407 e. The van der Waals surface area contributed by atoms with Crippen molar-refractivity contribution in [3.05, 3.63) is 29.8 Å². The molecule has 2 aliphatic rings. The number of nitrogens with one attached hydrogen (secondary N) is 1. The third kappa shape index (κ3) is 3.85. The summed E-state index contributed by atoms with van der Waals surface area (Å²) in [6.45, 7) is 5.69. The summed E-state index contributed by atoms with van der Waals surface area (Å²) in [5.41, 5.74) is 0.804. The fourth-order valence-corrected chi connectivity index (χ4v) is 4.51. The van der Waals surface area contributed by atoms with Gasteiger partial charge in [0.1, 0.15) is 11.4 Å². The van der Waals surface area contributed by atoms with Crippen LogP contribution in [0.4, 0.5) is 4.79 Å². The lowest BCUT2D eigenvalue weighted by Gasteiger charge is -2.47. The molecule has 2 saturated carbocycles.